The number of anilines is 1. The van der Waals surface area contributed by atoms with E-state index in [1.165, 1.54) is 0 Å². The fraction of sp³-hybridized carbons (Fsp3) is 0.600. The number of piperidine rings is 1. The van der Waals surface area contributed by atoms with E-state index in [2.05, 4.69) is 5.32 Å². The van der Waals surface area contributed by atoms with Crippen LogP contribution in [0, 0.1) is 5.92 Å². The van der Waals surface area contributed by atoms with Gasteiger partial charge in [-0.15, -0.1) is 12.4 Å². The highest BCUT2D eigenvalue weighted by atomic mass is 35.5. The zero-order valence-electron chi connectivity index (χ0n) is 16.6. The van der Waals surface area contributed by atoms with Crippen molar-refractivity contribution in [2.45, 2.75) is 45.6 Å². The molecule has 0 atom stereocenters. The second-order valence-electron chi connectivity index (χ2n) is 7.35. The third-order valence-electron chi connectivity index (χ3n) is 4.51. The normalized spacial score (nSPS) is 14.7. The van der Waals surface area contributed by atoms with Crippen LogP contribution in [-0.4, -0.2) is 49.1 Å². The van der Waals surface area contributed by atoms with Gasteiger partial charge >= 0.3 is 0 Å². The molecule has 0 radical (unpaired) electrons. The first-order valence-electron chi connectivity index (χ1n) is 9.61. The van der Waals surface area contributed by atoms with Crippen LogP contribution in [0.3, 0.4) is 0 Å². The van der Waals surface area contributed by atoms with Crippen LogP contribution >= 0.6 is 24.0 Å². The summed E-state index contributed by atoms with van der Waals surface area (Å²) in [7, 11) is 0. The number of nitrogens with two attached hydrogens (primary N) is 1. The molecule has 0 aliphatic carbocycles. The summed E-state index contributed by atoms with van der Waals surface area (Å²) in [5.41, 5.74) is 6.49. The Morgan fingerprint density at radius 1 is 1.32 bits per heavy atom. The number of rotatable bonds is 8. The minimum Gasteiger partial charge on any atom is -0.378 e. The maximum Gasteiger partial charge on any atom is 0.255 e. The summed E-state index contributed by atoms with van der Waals surface area (Å²) >= 11 is 6.25. The molecule has 0 saturated carbocycles. The highest BCUT2D eigenvalue weighted by molar-refractivity contribution is 6.34. The summed E-state index contributed by atoms with van der Waals surface area (Å²) in [5.74, 6) is 0.0910. The number of nitrogens with one attached hydrogen (secondary N) is 1. The monoisotopic (exact) mass is 431 g/mol. The second kappa shape index (κ2) is 12.3. The van der Waals surface area contributed by atoms with E-state index in [-0.39, 0.29) is 36.2 Å². The van der Waals surface area contributed by atoms with Crippen molar-refractivity contribution in [1.29, 1.82) is 0 Å². The summed E-state index contributed by atoms with van der Waals surface area (Å²) in [6.07, 6.45) is 3.07. The van der Waals surface area contributed by atoms with E-state index in [0.717, 1.165) is 19.3 Å². The molecule has 0 unspecified atom stereocenters. The van der Waals surface area contributed by atoms with Crippen LogP contribution in [0.4, 0.5) is 5.69 Å². The first kappa shape index (κ1) is 24.7. The number of carbonyl (C=O) groups excluding carboxylic acids is 2. The Balaban J connectivity index is 0.00000392. The van der Waals surface area contributed by atoms with Gasteiger partial charge < -0.3 is 20.7 Å². The number of hydrogen-bond acceptors (Lipinski definition) is 4. The molecule has 1 aromatic rings. The van der Waals surface area contributed by atoms with Crippen molar-refractivity contribution in [2.24, 2.45) is 11.7 Å². The second-order valence-corrected chi connectivity index (χ2v) is 7.75. The van der Waals surface area contributed by atoms with Gasteiger partial charge in [-0.3, -0.25) is 9.59 Å². The Kier molecular flexibility index (Phi) is 10.8. The first-order chi connectivity index (χ1) is 12.9. The van der Waals surface area contributed by atoms with Crippen LogP contribution in [0.2, 0.25) is 5.02 Å². The molecule has 1 heterocycles. The van der Waals surface area contributed by atoms with Crippen LogP contribution in [0.1, 0.15) is 49.9 Å². The maximum absolute atomic E-state index is 12.9. The molecular formula is C20H31Cl2N3O3. The molecule has 2 rings (SSSR count). The van der Waals surface area contributed by atoms with Gasteiger partial charge in [0.1, 0.15) is 0 Å². The van der Waals surface area contributed by atoms with Gasteiger partial charge in [0.15, 0.2) is 0 Å². The van der Waals surface area contributed by atoms with E-state index in [0.29, 0.717) is 48.9 Å². The summed E-state index contributed by atoms with van der Waals surface area (Å²) in [5, 5.41) is 3.23. The van der Waals surface area contributed by atoms with E-state index in [1.54, 1.807) is 23.1 Å². The molecule has 158 valence electrons. The first-order valence-corrected chi connectivity index (χ1v) is 9.98. The highest BCUT2D eigenvalue weighted by Gasteiger charge is 2.25. The van der Waals surface area contributed by atoms with Crippen molar-refractivity contribution in [3.63, 3.8) is 0 Å². The van der Waals surface area contributed by atoms with Crippen molar-refractivity contribution in [1.82, 2.24) is 4.90 Å². The number of amides is 2. The van der Waals surface area contributed by atoms with Gasteiger partial charge in [0.2, 0.25) is 5.91 Å². The largest absolute Gasteiger partial charge is 0.378 e. The zero-order chi connectivity index (χ0) is 19.8. The van der Waals surface area contributed by atoms with E-state index < -0.39 is 0 Å². The van der Waals surface area contributed by atoms with Gasteiger partial charge in [-0.2, -0.15) is 0 Å². The minimum atomic E-state index is -0.111. The standard InChI is InChI=1S/C20H30ClN3O3.ClH/c1-14(2)12-19(25)23-15-4-5-18(21)17(13-15)20(26)24-9-6-16(7-10-24)27-11-3-8-22;/h4-5,13-14,16H,3,6-12,22H2,1-2H3,(H,23,25);1H. The summed E-state index contributed by atoms with van der Waals surface area (Å²) in [6.45, 7) is 6.53. The van der Waals surface area contributed by atoms with Crippen molar-refractivity contribution in [3.05, 3.63) is 28.8 Å². The fourth-order valence-corrected chi connectivity index (χ4v) is 3.28. The molecule has 1 aliphatic heterocycles. The minimum absolute atomic E-state index is 0. The van der Waals surface area contributed by atoms with Gasteiger partial charge in [-0.05, 0) is 49.9 Å². The predicted molar refractivity (Wildman–Crippen MR) is 115 cm³/mol. The quantitative estimate of drug-likeness (QED) is 0.614. The molecule has 2 amide bonds. The molecule has 1 saturated heterocycles. The Morgan fingerprint density at radius 2 is 2.00 bits per heavy atom. The predicted octanol–water partition coefficient (Wildman–Crippen LogP) is 3.72. The molecular weight excluding hydrogens is 401 g/mol. The topological polar surface area (TPSA) is 84.7 Å². The third-order valence-corrected chi connectivity index (χ3v) is 4.83. The molecule has 1 fully saturated rings. The van der Waals surface area contributed by atoms with Gasteiger partial charge in [-0.25, -0.2) is 0 Å². The lowest BCUT2D eigenvalue weighted by molar-refractivity contribution is -0.116. The maximum atomic E-state index is 12.9. The lowest BCUT2D eigenvalue weighted by Gasteiger charge is -2.32. The van der Waals surface area contributed by atoms with Crippen molar-refractivity contribution in [2.75, 3.05) is 31.6 Å². The molecule has 6 nitrogen and oxygen atoms in total. The fourth-order valence-electron chi connectivity index (χ4n) is 3.08. The molecule has 28 heavy (non-hydrogen) atoms. The van der Waals surface area contributed by atoms with E-state index in [1.807, 2.05) is 13.8 Å². The van der Waals surface area contributed by atoms with Crippen molar-refractivity contribution < 1.29 is 14.3 Å². The summed E-state index contributed by atoms with van der Waals surface area (Å²) < 4.78 is 5.78. The van der Waals surface area contributed by atoms with E-state index >= 15 is 0 Å². The number of nitrogens with zero attached hydrogens (tertiary/aromatic N) is 1. The highest BCUT2D eigenvalue weighted by Crippen LogP contribution is 2.24. The number of hydrogen-bond donors (Lipinski definition) is 2. The Morgan fingerprint density at radius 3 is 2.61 bits per heavy atom. The SMILES string of the molecule is CC(C)CC(=O)Nc1ccc(Cl)c(C(=O)N2CCC(OCCCN)CC2)c1.Cl. The van der Waals surface area contributed by atoms with Crippen LogP contribution in [0.5, 0.6) is 0 Å². The average Bonchev–Trinajstić information content (AvgIpc) is 2.63. The van der Waals surface area contributed by atoms with E-state index in [4.69, 9.17) is 22.1 Å². The number of likely N-dealkylation sites (tertiary alicyclic amines) is 1. The molecule has 8 heteroatoms. The third kappa shape index (κ3) is 7.59. The number of carbonyl (C=O) groups is 2. The zero-order valence-corrected chi connectivity index (χ0v) is 18.2. The molecule has 0 aromatic heterocycles. The van der Waals surface area contributed by atoms with Crippen LogP contribution in [0.15, 0.2) is 18.2 Å². The molecule has 0 bridgehead atoms. The molecule has 0 spiro atoms. The number of ether oxygens (including phenoxy) is 1. The number of halogens is 2. The lowest BCUT2D eigenvalue weighted by atomic mass is 10.1. The van der Waals surface area contributed by atoms with Crippen molar-refractivity contribution >= 4 is 41.5 Å². The van der Waals surface area contributed by atoms with Crippen molar-refractivity contribution in [3.8, 4) is 0 Å². The summed E-state index contributed by atoms with van der Waals surface area (Å²) in [6, 6.07) is 5.03. The smallest absolute Gasteiger partial charge is 0.255 e. The van der Waals surface area contributed by atoms with E-state index in [9.17, 15) is 9.59 Å². The Labute approximate surface area is 178 Å². The van der Waals surface area contributed by atoms with Crippen LogP contribution < -0.4 is 11.1 Å². The van der Waals surface area contributed by atoms with Gasteiger partial charge in [-0.1, -0.05) is 25.4 Å². The average molecular weight is 432 g/mol. The Hall–Kier alpha value is -1.34. The van der Waals surface area contributed by atoms with Gasteiger partial charge in [0, 0.05) is 31.8 Å². The summed E-state index contributed by atoms with van der Waals surface area (Å²) in [4.78, 5) is 26.6. The number of benzene rings is 1. The van der Waals surface area contributed by atoms with Crippen LogP contribution in [-0.2, 0) is 9.53 Å². The lowest BCUT2D eigenvalue weighted by Crippen LogP contribution is -2.41. The Bertz CT molecular complexity index is 648. The molecule has 3 N–H and O–H groups in total. The molecule has 1 aliphatic rings. The molecule has 1 aromatic carbocycles. The van der Waals surface area contributed by atoms with Crippen LogP contribution in [0.25, 0.3) is 0 Å². The van der Waals surface area contributed by atoms with Gasteiger partial charge in [0.05, 0.1) is 16.7 Å². The van der Waals surface area contributed by atoms with Gasteiger partial charge in [0.25, 0.3) is 5.91 Å².